The number of sulfonamides is 1. The second-order valence-corrected chi connectivity index (χ2v) is 12.2. The first kappa shape index (κ1) is 33.6. The Balaban J connectivity index is 0.000000394. The van der Waals surface area contributed by atoms with Gasteiger partial charge in [0.15, 0.2) is 0 Å². The molecule has 0 unspecified atom stereocenters. The maximum Gasteiger partial charge on any atom is 0.241 e. The monoisotopic (exact) mass is 644 g/mol. The first-order valence-corrected chi connectivity index (χ1v) is 14.8. The molecule has 6 heteroatoms. The predicted octanol–water partition coefficient (Wildman–Crippen LogP) is 7.56. The minimum absolute atomic E-state index is 0. The van der Waals surface area contributed by atoms with E-state index in [1.807, 2.05) is 93.6 Å². The van der Waals surface area contributed by atoms with Gasteiger partial charge in [-0.05, 0) is 105 Å². The third-order valence-corrected chi connectivity index (χ3v) is 9.34. The van der Waals surface area contributed by atoms with Crippen LogP contribution in [0.1, 0.15) is 67.7 Å². The van der Waals surface area contributed by atoms with E-state index >= 15 is 0 Å². The molecule has 0 heterocycles. The molecule has 2 atom stereocenters. The minimum Gasteiger partial charge on any atom is -0.322 e. The molecule has 4 aromatic carbocycles. The topological polar surface area (TPSA) is 72.2 Å². The van der Waals surface area contributed by atoms with E-state index in [-0.39, 0.29) is 19.5 Å². The SMILES string of the molecule is Cc1cc(C)c(C)c(C)c1C.Cc1cc(C)c(S(=O)(=O)N[C@H](c2ccccc2)[C@H](N)c2ccccc2)c(C)c1.[Ru]. The molecule has 0 aromatic heterocycles. The van der Waals surface area contributed by atoms with Gasteiger partial charge in [-0.1, -0.05) is 84.4 Å². The molecule has 0 aliphatic heterocycles. The number of nitrogens with two attached hydrogens (primary N) is 1. The summed E-state index contributed by atoms with van der Waals surface area (Å²) < 4.78 is 29.5. The molecule has 4 aromatic rings. The number of hydrogen-bond donors (Lipinski definition) is 2. The molecule has 0 aliphatic carbocycles. The summed E-state index contributed by atoms with van der Waals surface area (Å²) in [5, 5.41) is 0. The number of aryl methyl sites for hydroxylation is 5. The standard InChI is InChI=1S/C23H26N2O2S.C11H16.Ru/c1-16-14-17(2)23(18(3)15-16)28(26,27)25-22(20-12-8-5-9-13-20)21(24)19-10-6-4-7-11-19;1-7-6-8(2)10(4)11(5)9(7)3;/h4-15,21-22,25H,24H2,1-3H3;6H,1-5H3;/t21-,22-;;/m1../s1. The van der Waals surface area contributed by atoms with Crippen LogP contribution in [0.15, 0.2) is 83.8 Å². The van der Waals surface area contributed by atoms with Crippen molar-refractivity contribution >= 4 is 10.0 Å². The van der Waals surface area contributed by atoms with Gasteiger partial charge in [0.25, 0.3) is 0 Å². The molecule has 40 heavy (non-hydrogen) atoms. The van der Waals surface area contributed by atoms with Crippen LogP contribution in [0.2, 0.25) is 0 Å². The molecule has 0 spiro atoms. The first-order chi connectivity index (χ1) is 18.3. The third kappa shape index (κ3) is 7.98. The Labute approximate surface area is 254 Å². The van der Waals surface area contributed by atoms with E-state index in [2.05, 4.69) is 45.4 Å². The fourth-order valence-electron chi connectivity index (χ4n) is 5.11. The van der Waals surface area contributed by atoms with E-state index in [0.717, 1.165) is 27.8 Å². The number of rotatable bonds is 6. The van der Waals surface area contributed by atoms with Crippen LogP contribution in [-0.4, -0.2) is 8.42 Å². The van der Waals surface area contributed by atoms with Crippen molar-refractivity contribution in [3.8, 4) is 0 Å². The normalized spacial score (nSPS) is 12.5. The second kappa shape index (κ2) is 14.3. The van der Waals surface area contributed by atoms with Gasteiger partial charge in [0.1, 0.15) is 0 Å². The van der Waals surface area contributed by atoms with Crippen LogP contribution in [0.5, 0.6) is 0 Å². The fourth-order valence-corrected chi connectivity index (χ4v) is 6.81. The third-order valence-electron chi connectivity index (χ3n) is 7.60. The summed E-state index contributed by atoms with van der Waals surface area (Å²) in [7, 11) is -3.77. The van der Waals surface area contributed by atoms with Gasteiger partial charge in [0.05, 0.1) is 17.0 Å². The molecule has 214 valence electrons. The second-order valence-electron chi connectivity index (χ2n) is 10.6. The average Bonchev–Trinajstić information content (AvgIpc) is 2.89. The van der Waals surface area contributed by atoms with Crippen LogP contribution < -0.4 is 10.5 Å². The summed E-state index contributed by atoms with van der Waals surface area (Å²) in [6.45, 7) is 16.5. The molecule has 0 saturated heterocycles. The van der Waals surface area contributed by atoms with Gasteiger partial charge in [0, 0.05) is 19.5 Å². The van der Waals surface area contributed by atoms with Crippen molar-refractivity contribution in [2.24, 2.45) is 5.73 Å². The Bertz CT molecular complexity index is 1490. The summed E-state index contributed by atoms with van der Waals surface area (Å²) in [5.74, 6) is 0. The van der Waals surface area contributed by atoms with Gasteiger partial charge in [-0.25, -0.2) is 13.1 Å². The van der Waals surface area contributed by atoms with E-state index in [0.29, 0.717) is 4.90 Å². The van der Waals surface area contributed by atoms with Crippen molar-refractivity contribution in [3.63, 3.8) is 0 Å². The molecule has 0 aliphatic rings. The van der Waals surface area contributed by atoms with Crippen molar-refractivity contribution in [1.82, 2.24) is 4.72 Å². The quantitative estimate of drug-likeness (QED) is 0.213. The van der Waals surface area contributed by atoms with Gasteiger partial charge < -0.3 is 5.73 Å². The Kier molecular flexibility index (Phi) is 12.0. The van der Waals surface area contributed by atoms with E-state index in [1.165, 1.54) is 27.8 Å². The minimum atomic E-state index is -3.77. The predicted molar refractivity (Wildman–Crippen MR) is 164 cm³/mol. The summed E-state index contributed by atoms with van der Waals surface area (Å²) in [6.07, 6.45) is 0. The summed E-state index contributed by atoms with van der Waals surface area (Å²) >= 11 is 0. The van der Waals surface area contributed by atoms with E-state index in [9.17, 15) is 8.42 Å². The van der Waals surface area contributed by atoms with Gasteiger partial charge in [-0.2, -0.15) is 0 Å². The van der Waals surface area contributed by atoms with Crippen molar-refractivity contribution in [2.75, 3.05) is 0 Å². The number of nitrogens with one attached hydrogen (secondary N) is 1. The van der Waals surface area contributed by atoms with Crippen molar-refractivity contribution < 1.29 is 27.9 Å². The zero-order chi connectivity index (χ0) is 28.9. The molecule has 0 amide bonds. The Hall–Kier alpha value is -2.63. The summed E-state index contributed by atoms with van der Waals surface area (Å²) in [4.78, 5) is 0.319. The molecular weight excluding hydrogens is 602 g/mol. The Morgan fingerprint density at radius 2 is 1.02 bits per heavy atom. The Morgan fingerprint density at radius 1 is 0.600 bits per heavy atom. The van der Waals surface area contributed by atoms with Crippen molar-refractivity contribution in [1.29, 1.82) is 0 Å². The maximum atomic E-state index is 13.3. The van der Waals surface area contributed by atoms with E-state index < -0.39 is 22.1 Å². The van der Waals surface area contributed by atoms with E-state index in [4.69, 9.17) is 5.73 Å². The molecule has 3 N–H and O–H groups in total. The zero-order valence-corrected chi connectivity index (χ0v) is 27.4. The maximum absolute atomic E-state index is 13.3. The number of hydrogen-bond acceptors (Lipinski definition) is 3. The van der Waals surface area contributed by atoms with Crippen LogP contribution in [-0.2, 0) is 29.5 Å². The van der Waals surface area contributed by atoms with Crippen LogP contribution in [0, 0.1) is 55.4 Å². The first-order valence-electron chi connectivity index (χ1n) is 13.3. The Morgan fingerprint density at radius 3 is 1.48 bits per heavy atom. The summed E-state index contributed by atoms with van der Waals surface area (Å²) in [6, 6.07) is 23.9. The van der Waals surface area contributed by atoms with Gasteiger partial charge in [-0.3, -0.25) is 0 Å². The number of benzene rings is 4. The largest absolute Gasteiger partial charge is 0.322 e. The molecule has 0 bridgehead atoms. The van der Waals surface area contributed by atoms with Crippen molar-refractivity contribution in [3.05, 3.63) is 134 Å². The molecule has 0 fully saturated rings. The summed E-state index contributed by atoms with van der Waals surface area (Å²) in [5.41, 5.74) is 17.9. The molecule has 4 nitrogen and oxygen atoms in total. The van der Waals surface area contributed by atoms with E-state index in [1.54, 1.807) is 0 Å². The average molecular weight is 644 g/mol. The fraction of sp³-hybridized carbons (Fsp3) is 0.294. The van der Waals surface area contributed by atoms with Crippen molar-refractivity contribution in [2.45, 2.75) is 72.4 Å². The van der Waals surface area contributed by atoms with Gasteiger partial charge in [0.2, 0.25) is 10.0 Å². The molecule has 4 rings (SSSR count). The van der Waals surface area contributed by atoms with Crippen LogP contribution in [0.25, 0.3) is 0 Å². The van der Waals surface area contributed by atoms with Gasteiger partial charge >= 0.3 is 0 Å². The molecular formula is C34H42N2O2RuS. The molecule has 0 saturated carbocycles. The smallest absolute Gasteiger partial charge is 0.241 e. The van der Waals surface area contributed by atoms with Crippen LogP contribution in [0.4, 0.5) is 0 Å². The molecule has 0 radical (unpaired) electrons. The van der Waals surface area contributed by atoms with Gasteiger partial charge in [-0.15, -0.1) is 0 Å². The van der Waals surface area contributed by atoms with Crippen LogP contribution >= 0.6 is 0 Å². The van der Waals surface area contributed by atoms with Crippen LogP contribution in [0.3, 0.4) is 0 Å². The zero-order valence-electron chi connectivity index (χ0n) is 24.8.